The van der Waals surface area contributed by atoms with Crippen LogP contribution in [0.2, 0.25) is 0 Å². The number of methoxy groups -OCH3 is 1. The molecule has 0 radical (unpaired) electrons. The first kappa shape index (κ1) is 19.3. The van der Waals surface area contributed by atoms with Gasteiger partial charge in [-0.1, -0.05) is 18.2 Å². The van der Waals surface area contributed by atoms with Crippen LogP contribution < -0.4 is 19.9 Å². The summed E-state index contributed by atoms with van der Waals surface area (Å²) in [5, 5.41) is 9.61. The van der Waals surface area contributed by atoms with Gasteiger partial charge in [0.15, 0.2) is 17.2 Å². The first-order valence-electron chi connectivity index (χ1n) is 9.39. The van der Waals surface area contributed by atoms with Crippen molar-refractivity contribution < 1.29 is 29.7 Å². The molecule has 7 nitrogen and oxygen atoms in total. The lowest BCUT2D eigenvalue weighted by atomic mass is 9.76. The van der Waals surface area contributed by atoms with E-state index in [1.165, 1.54) is 0 Å². The summed E-state index contributed by atoms with van der Waals surface area (Å²) in [4.78, 5) is 18.7. The highest BCUT2D eigenvalue weighted by Gasteiger charge is 2.59. The number of anilines is 1. The molecule has 2 aliphatic heterocycles. The number of benzene rings is 2. The Morgan fingerprint density at radius 1 is 1.24 bits per heavy atom. The Kier molecular flexibility index (Phi) is 4.52. The third-order valence-corrected chi connectivity index (χ3v) is 5.78. The topological polar surface area (TPSA) is 84.8 Å². The molecule has 3 N–H and O–H groups in total. The van der Waals surface area contributed by atoms with E-state index in [0.717, 1.165) is 22.5 Å². The normalized spacial score (nSPS) is 20.9. The lowest BCUT2D eigenvalue weighted by molar-refractivity contribution is -0.830. The van der Waals surface area contributed by atoms with Crippen molar-refractivity contribution in [3.63, 3.8) is 0 Å². The zero-order valence-corrected chi connectivity index (χ0v) is 16.9. The van der Waals surface area contributed by atoms with Crippen LogP contribution in [-0.4, -0.2) is 37.6 Å². The molecule has 2 aromatic carbocycles. The quantitative estimate of drug-likeness (QED) is 0.596. The highest BCUT2D eigenvalue weighted by molar-refractivity contribution is 5.81. The number of rotatable bonds is 5. The number of nitrogens with two attached hydrogens (primary N) is 1. The number of para-hydroxylation sites is 1. The summed E-state index contributed by atoms with van der Waals surface area (Å²) in [5.74, 6) is 0.229. The van der Waals surface area contributed by atoms with Gasteiger partial charge in [0.1, 0.15) is 6.54 Å². The Morgan fingerprint density at radius 2 is 2.00 bits per heavy atom. The van der Waals surface area contributed by atoms with Crippen molar-refractivity contribution in [2.45, 2.75) is 25.0 Å². The van der Waals surface area contributed by atoms with Crippen LogP contribution in [-0.2, 0) is 15.0 Å². The molecular formula is C22H25N2O5+. The summed E-state index contributed by atoms with van der Waals surface area (Å²) in [6, 6.07) is 11.6. The Balaban J connectivity index is 1.89. The van der Waals surface area contributed by atoms with Crippen LogP contribution in [0.1, 0.15) is 25.0 Å². The molecule has 0 saturated carbocycles. The number of nitrogens with zero attached hydrogens (tertiary/aromatic N) is 1. The lowest BCUT2D eigenvalue weighted by Crippen LogP contribution is -2.75. The fraction of sp³-hybridized carbons (Fsp3) is 0.318. The molecule has 1 spiro atoms. The summed E-state index contributed by atoms with van der Waals surface area (Å²) < 4.78 is 12.2. The Labute approximate surface area is 169 Å². The van der Waals surface area contributed by atoms with Crippen molar-refractivity contribution in [2.75, 3.05) is 25.7 Å². The van der Waals surface area contributed by atoms with Crippen LogP contribution >= 0.6 is 0 Å². The third-order valence-electron chi connectivity index (χ3n) is 5.78. The SMILES string of the molecule is CO[NH2+]c1cc2c(c(OC)c1)OC1(C=C2)N(CC(=O)O)c2ccccc2C1(C)C. The minimum absolute atomic E-state index is 0.183. The average molecular weight is 397 g/mol. The number of quaternary nitrogens is 1. The number of ether oxygens (including phenoxy) is 2. The molecule has 0 amide bonds. The van der Waals surface area contributed by atoms with Gasteiger partial charge in [-0.25, -0.2) is 4.84 Å². The molecule has 2 aromatic rings. The Hall–Kier alpha value is -3.03. The van der Waals surface area contributed by atoms with Gasteiger partial charge in [-0.15, -0.1) is 0 Å². The summed E-state index contributed by atoms with van der Waals surface area (Å²) in [5.41, 5.74) is 3.72. The van der Waals surface area contributed by atoms with E-state index in [1.807, 2.05) is 53.5 Å². The number of carbonyl (C=O) groups is 1. The van der Waals surface area contributed by atoms with Crippen LogP contribution in [0.3, 0.4) is 0 Å². The molecule has 7 heteroatoms. The van der Waals surface area contributed by atoms with Gasteiger partial charge in [-0.05, 0) is 37.6 Å². The van der Waals surface area contributed by atoms with Gasteiger partial charge in [-0.3, -0.25) is 4.79 Å². The van der Waals surface area contributed by atoms with Crippen LogP contribution in [0.5, 0.6) is 11.5 Å². The summed E-state index contributed by atoms with van der Waals surface area (Å²) in [6.07, 6.45) is 3.92. The molecule has 0 bridgehead atoms. The van der Waals surface area contributed by atoms with Gasteiger partial charge in [-0.2, -0.15) is 5.48 Å². The predicted molar refractivity (Wildman–Crippen MR) is 108 cm³/mol. The molecule has 29 heavy (non-hydrogen) atoms. The summed E-state index contributed by atoms with van der Waals surface area (Å²) in [6.45, 7) is 3.96. The standard InChI is InChI=1S/C22H24N2O5/c1-21(2)16-7-5-6-8-17(16)24(13-19(25)26)22(21)10-9-14-11-15(23-28-4)12-18(27-3)20(14)29-22/h5-12,23H,13H2,1-4H3,(H,25,26)/p+1. The predicted octanol–water partition coefficient (Wildman–Crippen LogP) is 2.44. The second-order valence-corrected chi connectivity index (χ2v) is 7.75. The number of carboxylic acids is 1. The molecule has 0 fully saturated rings. The van der Waals surface area contributed by atoms with Gasteiger partial charge in [0.2, 0.25) is 5.72 Å². The van der Waals surface area contributed by atoms with Gasteiger partial charge in [0.05, 0.1) is 19.6 Å². The summed E-state index contributed by atoms with van der Waals surface area (Å²) >= 11 is 0. The highest BCUT2D eigenvalue weighted by atomic mass is 16.6. The lowest BCUT2D eigenvalue weighted by Gasteiger charge is -2.46. The van der Waals surface area contributed by atoms with Crippen LogP contribution in [0.25, 0.3) is 6.08 Å². The average Bonchev–Trinajstić information content (AvgIpc) is 2.87. The Bertz CT molecular complexity index is 1000. The minimum Gasteiger partial charge on any atom is -0.493 e. The van der Waals surface area contributed by atoms with E-state index < -0.39 is 17.1 Å². The Morgan fingerprint density at radius 3 is 2.69 bits per heavy atom. The van der Waals surface area contributed by atoms with E-state index in [1.54, 1.807) is 19.7 Å². The second-order valence-electron chi connectivity index (χ2n) is 7.75. The number of hydrogen-bond acceptors (Lipinski definition) is 5. The second kappa shape index (κ2) is 6.79. The van der Waals surface area contributed by atoms with Gasteiger partial charge < -0.3 is 19.5 Å². The van der Waals surface area contributed by atoms with Crippen molar-refractivity contribution in [3.8, 4) is 11.5 Å². The first-order valence-corrected chi connectivity index (χ1v) is 9.39. The van der Waals surface area contributed by atoms with E-state index in [2.05, 4.69) is 13.8 Å². The number of carboxylic acid groups (broad SMARTS) is 1. The van der Waals surface area contributed by atoms with Crippen molar-refractivity contribution in [2.24, 2.45) is 0 Å². The van der Waals surface area contributed by atoms with E-state index >= 15 is 0 Å². The van der Waals surface area contributed by atoms with Crippen molar-refractivity contribution in [3.05, 3.63) is 53.6 Å². The van der Waals surface area contributed by atoms with Crippen LogP contribution in [0, 0.1) is 0 Å². The monoisotopic (exact) mass is 397 g/mol. The van der Waals surface area contributed by atoms with E-state index in [9.17, 15) is 9.90 Å². The molecular weight excluding hydrogens is 372 g/mol. The van der Waals surface area contributed by atoms with Crippen molar-refractivity contribution in [1.29, 1.82) is 0 Å². The van der Waals surface area contributed by atoms with E-state index in [-0.39, 0.29) is 6.54 Å². The fourth-order valence-electron chi connectivity index (χ4n) is 4.39. The van der Waals surface area contributed by atoms with Crippen LogP contribution in [0.4, 0.5) is 11.4 Å². The van der Waals surface area contributed by atoms with Crippen molar-refractivity contribution >= 4 is 23.4 Å². The largest absolute Gasteiger partial charge is 0.493 e. The maximum absolute atomic E-state index is 11.7. The third kappa shape index (κ3) is 2.77. The highest BCUT2D eigenvalue weighted by Crippen LogP contribution is 2.56. The van der Waals surface area contributed by atoms with Gasteiger partial charge >= 0.3 is 5.97 Å². The van der Waals surface area contributed by atoms with E-state index in [0.29, 0.717) is 11.5 Å². The van der Waals surface area contributed by atoms with Gasteiger partial charge in [0, 0.05) is 23.4 Å². The molecule has 4 rings (SSSR count). The molecule has 0 aliphatic carbocycles. The fourth-order valence-corrected chi connectivity index (χ4v) is 4.39. The smallest absolute Gasteiger partial charge is 0.323 e. The van der Waals surface area contributed by atoms with Gasteiger partial charge in [0.25, 0.3) is 0 Å². The zero-order valence-electron chi connectivity index (χ0n) is 16.9. The number of fused-ring (bicyclic) bond motifs is 2. The molecule has 0 saturated heterocycles. The minimum atomic E-state index is -0.998. The maximum Gasteiger partial charge on any atom is 0.323 e. The first-order chi connectivity index (χ1) is 13.8. The molecule has 2 aliphatic rings. The molecule has 0 aromatic heterocycles. The molecule has 152 valence electrons. The van der Waals surface area contributed by atoms with Crippen LogP contribution in [0.15, 0.2) is 42.5 Å². The van der Waals surface area contributed by atoms with Crippen molar-refractivity contribution in [1.82, 2.24) is 0 Å². The molecule has 2 heterocycles. The maximum atomic E-state index is 11.7. The number of aliphatic carboxylic acids is 1. The molecule has 1 unspecified atom stereocenters. The zero-order chi connectivity index (χ0) is 20.8. The number of hydrogen-bond donors (Lipinski definition) is 2. The molecule has 1 atom stereocenters. The summed E-state index contributed by atoms with van der Waals surface area (Å²) in [7, 11) is 3.18. The van der Waals surface area contributed by atoms with E-state index in [4.69, 9.17) is 14.3 Å².